The number of nitrogens with one attached hydrogen (secondary N) is 1. The van der Waals surface area contributed by atoms with Crippen LogP contribution < -0.4 is 11.1 Å². The van der Waals surface area contributed by atoms with Gasteiger partial charge in [0.2, 0.25) is 17.7 Å². The minimum atomic E-state index is -0.807. The first-order valence-electron chi connectivity index (χ1n) is 12.7. The molecule has 10 nitrogen and oxygen atoms in total. The number of benzene rings is 3. The molecule has 0 spiro atoms. The molecule has 1 saturated heterocycles. The Hall–Kier alpha value is -4.86. The van der Waals surface area contributed by atoms with Gasteiger partial charge in [0.25, 0.3) is 5.69 Å². The monoisotopic (exact) mass is 525 g/mol. The van der Waals surface area contributed by atoms with Gasteiger partial charge in [0.1, 0.15) is 12.0 Å². The molecule has 2 aliphatic rings. The predicted molar refractivity (Wildman–Crippen MR) is 146 cm³/mol. The summed E-state index contributed by atoms with van der Waals surface area (Å²) in [6.07, 6.45) is 2.21. The van der Waals surface area contributed by atoms with E-state index in [2.05, 4.69) is 5.32 Å². The van der Waals surface area contributed by atoms with Crippen LogP contribution in [0.2, 0.25) is 0 Å². The zero-order valence-electron chi connectivity index (χ0n) is 21.1. The summed E-state index contributed by atoms with van der Waals surface area (Å²) >= 11 is 0. The summed E-state index contributed by atoms with van der Waals surface area (Å²) in [4.78, 5) is 54.1. The number of anilines is 1. The molecule has 0 aliphatic carbocycles. The van der Waals surface area contributed by atoms with Crippen molar-refractivity contribution in [2.24, 2.45) is 10.7 Å². The molecule has 2 heterocycles. The standard InChI is InChI=1S/C29H27N5O5/c30-28(36)24-14-15-25(35)33(24)16-4-5-18-8-10-20(11-9-18)31-27(19-6-2-1-3-7-19)26-22-17-21(34(38)39)12-13-23(22)32-29(26)37/h1-3,6-13,17,24,26H,4-5,14-16H2,(H2,30,36)(H,32,37). The molecule has 39 heavy (non-hydrogen) atoms. The largest absolute Gasteiger partial charge is 0.368 e. The van der Waals surface area contributed by atoms with Crippen LogP contribution in [0.4, 0.5) is 17.1 Å². The molecule has 0 bridgehead atoms. The Morgan fingerprint density at radius 1 is 1.08 bits per heavy atom. The molecule has 198 valence electrons. The average Bonchev–Trinajstić information content (AvgIpc) is 3.46. The lowest BCUT2D eigenvalue weighted by Gasteiger charge is -2.22. The maximum atomic E-state index is 13.1. The lowest BCUT2D eigenvalue weighted by Crippen LogP contribution is -2.42. The molecule has 1 fully saturated rings. The lowest BCUT2D eigenvalue weighted by molar-refractivity contribution is -0.384. The number of hydrogen-bond donors (Lipinski definition) is 2. The normalized spacial score (nSPS) is 18.7. The van der Waals surface area contributed by atoms with E-state index >= 15 is 0 Å². The van der Waals surface area contributed by atoms with Crippen molar-refractivity contribution in [1.82, 2.24) is 4.90 Å². The van der Waals surface area contributed by atoms with Gasteiger partial charge in [-0.05, 0) is 48.6 Å². The first-order valence-corrected chi connectivity index (χ1v) is 12.7. The number of hydrogen-bond acceptors (Lipinski definition) is 6. The fourth-order valence-corrected chi connectivity index (χ4v) is 5.18. The summed E-state index contributed by atoms with van der Waals surface area (Å²) in [6, 6.07) is 20.7. The molecule has 5 rings (SSSR count). The number of amides is 3. The number of aryl methyl sites for hydroxylation is 1. The minimum Gasteiger partial charge on any atom is -0.368 e. The highest BCUT2D eigenvalue weighted by atomic mass is 16.6. The molecule has 0 radical (unpaired) electrons. The number of fused-ring (bicyclic) bond motifs is 1. The highest BCUT2D eigenvalue weighted by molar-refractivity contribution is 6.24. The van der Waals surface area contributed by atoms with Crippen LogP contribution >= 0.6 is 0 Å². The van der Waals surface area contributed by atoms with E-state index in [-0.39, 0.29) is 17.5 Å². The van der Waals surface area contributed by atoms with Crippen molar-refractivity contribution in [3.05, 3.63) is 99.6 Å². The van der Waals surface area contributed by atoms with Crippen molar-refractivity contribution in [3.8, 4) is 0 Å². The van der Waals surface area contributed by atoms with E-state index in [1.165, 1.54) is 12.1 Å². The topological polar surface area (TPSA) is 148 Å². The minimum absolute atomic E-state index is 0.0419. The van der Waals surface area contributed by atoms with E-state index in [1.807, 2.05) is 54.6 Å². The number of nitro groups is 1. The van der Waals surface area contributed by atoms with Crippen LogP contribution in [0.15, 0.2) is 77.8 Å². The van der Waals surface area contributed by atoms with E-state index in [9.17, 15) is 24.5 Å². The fraction of sp³-hybridized carbons (Fsp3) is 0.241. The Morgan fingerprint density at radius 3 is 2.51 bits per heavy atom. The van der Waals surface area contributed by atoms with Crippen LogP contribution in [0.1, 0.15) is 41.9 Å². The molecular weight excluding hydrogens is 498 g/mol. The van der Waals surface area contributed by atoms with Crippen molar-refractivity contribution in [2.45, 2.75) is 37.6 Å². The molecule has 2 unspecified atom stereocenters. The van der Waals surface area contributed by atoms with Crippen molar-refractivity contribution in [3.63, 3.8) is 0 Å². The van der Waals surface area contributed by atoms with E-state index < -0.39 is 22.8 Å². The molecule has 3 N–H and O–H groups in total. The average molecular weight is 526 g/mol. The summed E-state index contributed by atoms with van der Waals surface area (Å²) in [6.45, 7) is 0.465. The highest BCUT2D eigenvalue weighted by Gasteiger charge is 2.37. The number of rotatable bonds is 9. The molecule has 10 heteroatoms. The van der Waals surface area contributed by atoms with Crippen LogP contribution in [0, 0.1) is 10.1 Å². The summed E-state index contributed by atoms with van der Waals surface area (Å²) < 4.78 is 0. The first-order chi connectivity index (χ1) is 18.8. The Bertz CT molecular complexity index is 1470. The summed E-state index contributed by atoms with van der Waals surface area (Å²) in [7, 11) is 0. The number of aliphatic imine (C=N–C) groups is 1. The smallest absolute Gasteiger partial charge is 0.269 e. The quantitative estimate of drug-likeness (QED) is 0.247. The van der Waals surface area contributed by atoms with Crippen molar-refractivity contribution < 1.29 is 19.3 Å². The SMILES string of the molecule is NC(=O)C1CCC(=O)N1CCCc1ccc(N=C(c2ccccc2)C2C(=O)Nc3ccc([N+](=O)[O-])cc32)cc1. The predicted octanol–water partition coefficient (Wildman–Crippen LogP) is 3.86. The number of primary amides is 1. The fourth-order valence-electron chi connectivity index (χ4n) is 5.18. The molecule has 0 aromatic heterocycles. The highest BCUT2D eigenvalue weighted by Crippen LogP contribution is 2.38. The second-order valence-corrected chi connectivity index (χ2v) is 9.63. The Balaban J connectivity index is 1.38. The number of nitro benzene ring substituents is 1. The second-order valence-electron chi connectivity index (χ2n) is 9.63. The number of carbonyl (C=O) groups excluding carboxylic acids is 3. The number of nitrogens with two attached hydrogens (primary N) is 1. The maximum Gasteiger partial charge on any atom is 0.269 e. The van der Waals surface area contributed by atoms with Gasteiger partial charge in [-0.2, -0.15) is 0 Å². The number of nitrogens with zero attached hydrogens (tertiary/aromatic N) is 3. The zero-order valence-corrected chi connectivity index (χ0v) is 21.1. The third kappa shape index (κ3) is 5.40. The van der Waals surface area contributed by atoms with Gasteiger partial charge in [0.05, 0.1) is 16.3 Å². The second kappa shape index (κ2) is 10.9. The third-order valence-electron chi connectivity index (χ3n) is 7.13. The number of non-ortho nitro benzene ring substituents is 1. The van der Waals surface area contributed by atoms with Gasteiger partial charge in [-0.15, -0.1) is 0 Å². The van der Waals surface area contributed by atoms with Gasteiger partial charge in [0.15, 0.2) is 0 Å². The molecule has 2 atom stereocenters. The van der Waals surface area contributed by atoms with Gasteiger partial charge in [-0.25, -0.2) is 0 Å². The van der Waals surface area contributed by atoms with Gasteiger partial charge in [0, 0.05) is 36.3 Å². The van der Waals surface area contributed by atoms with Crippen LogP contribution in [-0.2, 0) is 20.8 Å². The van der Waals surface area contributed by atoms with Gasteiger partial charge in [-0.1, -0.05) is 42.5 Å². The Kier molecular flexibility index (Phi) is 7.18. The summed E-state index contributed by atoms with van der Waals surface area (Å²) in [5, 5.41) is 14.2. The molecule has 0 saturated carbocycles. The summed E-state index contributed by atoms with van der Waals surface area (Å²) in [5.41, 5.74) is 9.28. The van der Waals surface area contributed by atoms with Crippen LogP contribution in [-0.4, -0.2) is 45.8 Å². The molecule has 2 aliphatic heterocycles. The first kappa shape index (κ1) is 25.8. The lowest BCUT2D eigenvalue weighted by atomic mass is 9.90. The molecular formula is C29H27N5O5. The van der Waals surface area contributed by atoms with E-state index in [0.717, 1.165) is 11.1 Å². The van der Waals surface area contributed by atoms with Crippen molar-refractivity contribution >= 4 is 40.5 Å². The van der Waals surface area contributed by atoms with Gasteiger partial charge < -0.3 is 16.0 Å². The summed E-state index contributed by atoms with van der Waals surface area (Å²) in [5.74, 6) is -1.61. The van der Waals surface area contributed by atoms with E-state index in [1.54, 1.807) is 11.0 Å². The zero-order chi connectivity index (χ0) is 27.5. The van der Waals surface area contributed by atoms with Gasteiger partial charge in [-0.3, -0.25) is 29.5 Å². The van der Waals surface area contributed by atoms with Crippen molar-refractivity contribution in [1.29, 1.82) is 0 Å². The third-order valence-corrected chi connectivity index (χ3v) is 7.13. The van der Waals surface area contributed by atoms with Crippen LogP contribution in [0.5, 0.6) is 0 Å². The Morgan fingerprint density at radius 2 is 1.82 bits per heavy atom. The van der Waals surface area contributed by atoms with E-state index in [0.29, 0.717) is 54.9 Å². The van der Waals surface area contributed by atoms with Crippen LogP contribution in [0.3, 0.4) is 0 Å². The molecule has 3 aromatic rings. The maximum absolute atomic E-state index is 13.1. The van der Waals surface area contributed by atoms with Crippen molar-refractivity contribution in [2.75, 3.05) is 11.9 Å². The molecule has 3 amide bonds. The van der Waals surface area contributed by atoms with Gasteiger partial charge >= 0.3 is 0 Å². The van der Waals surface area contributed by atoms with Crippen LogP contribution in [0.25, 0.3) is 0 Å². The van der Waals surface area contributed by atoms with E-state index in [4.69, 9.17) is 10.7 Å². The molecule has 3 aromatic carbocycles. The Labute approximate surface area is 224 Å². The number of likely N-dealkylation sites (tertiary alicyclic amines) is 1. The number of carbonyl (C=O) groups is 3.